The van der Waals surface area contributed by atoms with Crippen molar-refractivity contribution < 1.29 is 22.8 Å². The first-order valence-corrected chi connectivity index (χ1v) is 9.39. The number of rotatable bonds is 10. The second-order valence-corrected chi connectivity index (χ2v) is 6.43. The van der Waals surface area contributed by atoms with Gasteiger partial charge in [0.1, 0.15) is 11.5 Å². The number of aliphatic imine (C=N–C) groups is 1. The van der Waals surface area contributed by atoms with Gasteiger partial charge in [0.2, 0.25) is 5.89 Å². The molecule has 0 fully saturated rings. The number of benzene rings is 1. The van der Waals surface area contributed by atoms with Crippen LogP contribution in [0.25, 0.3) is 0 Å². The molecule has 0 bridgehead atoms. The van der Waals surface area contributed by atoms with Crippen molar-refractivity contribution in [2.45, 2.75) is 46.3 Å². The summed E-state index contributed by atoms with van der Waals surface area (Å²) in [6.07, 6.45) is 0.531. The molecule has 0 spiro atoms. The molecule has 0 unspecified atom stereocenters. The molecule has 0 aliphatic heterocycles. The molecule has 1 aromatic carbocycles. The second kappa shape index (κ2) is 13.2. The maximum Gasteiger partial charge on any atom is 0.387 e. The van der Waals surface area contributed by atoms with Gasteiger partial charge in [-0.15, -0.1) is 24.0 Å². The van der Waals surface area contributed by atoms with Crippen LogP contribution < -0.4 is 20.1 Å². The predicted octanol–water partition coefficient (Wildman–Crippen LogP) is 3.72. The van der Waals surface area contributed by atoms with E-state index in [1.54, 1.807) is 12.1 Å². The fraction of sp³-hybridized carbons (Fsp3) is 0.526. The molecule has 0 amide bonds. The zero-order valence-corrected chi connectivity index (χ0v) is 19.8. The lowest BCUT2D eigenvalue weighted by atomic mass is 10.2. The van der Waals surface area contributed by atoms with E-state index in [1.165, 1.54) is 13.2 Å². The molecule has 2 N–H and O–H groups in total. The van der Waals surface area contributed by atoms with E-state index in [1.807, 2.05) is 20.8 Å². The Balaban J connectivity index is 0.00000450. The minimum absolute atomic E-state index is 0. The Bertz CT molecular complexity index is 802. The number of guanidine groups is 1. The summed E-state index contributed by atoms with van der Waals surface area (Å²) in [6.45, 7) is 4.29. The van der Waals surface area contributed by atoms with Crippen LogP contribution in [0.4, 0.5) is 8.78 Å². The zero-order valence-electron chi connectivity index (χ0n) is 17.4. The van der Waals surface area contributed by atoms with Gasteiger partial charge in [0.15, 0.2) is 11.8 Å². The smallest absolute Gasteiger partial charge is 0.387 e. The third kappa shape index (κ3) is 8.28. The van der Waals surface area contributed by atoms with Gasteiger partial charge in [0, 0.05) is 31.0 Å². The number of methoxy groups -OCH3 is 1. The quantitative estimate of drug-likeness (QED) is 0.270. The molecular formula is C19H28F2IN5O3. The number of hydrogen-bond acceptors (Lipinski definition) is 6. The lowest BCUT2D eigenvalue weighted by Crippen LogP contribution is -2.38. The Kier molecular flexibility index (Phi) is 11.4. The minimum Gasteiger partial charge on any atom is -0.497 e. The first-order chi connectivity index (χ1) is 13.9. The van der Waals surface area contributed by atoms with Gasteiger partial charge < -0.3 is 24.6 Å². The first kappa shape index (κ1) is 25.9. The Labute approximate surface area is 191 Å². The van der Waals surface area contributed by atoms with Gasteiger partial charge in [-0.05, 0) is 25.1 Å². The molecule has 2 rings (SSSR count). The van der Waals surface area contributed by atoms with Gasteiger partial charge in [-0.2, -0.15) is 13.8 Å². The zero-order chi connectivity index (χ0) is 21.2. The Morgan fingerprint density at radius 2 is 2.03 bits per heavy atom. The van der Waals surface area contributed by atoms with E-state index in [-0.39, 0.29) is 42.2 Å². The van der Waals surface area contributed by atoms with Crippen LogP contribution in [0.5, 0.6) is 11.5 Å². The van der Waals surface area contributed by atoms with Crippen molar-refractivity contribution in [2.24, 2.45) is 4.99 Å². The van der Waals surface area contributed by atoms with Crippen molar-refractivity contribution in [1.29, 1.82) is 0 Å². The highest BCUT2D eigenvalue weighted by molar-refractivity contribution is 14.0. The molecule has 0 radical (unpaired) electrons. The molecule has 0 aliphatic carbocycles. The number of halogens is 3. The molecule has 1 heterocycles. The van der Waals surface area contributed by atoms with Gasteiger partial charge in [0.05, 0.1) is 13.7 Å². The minimum atomic E-state index is -2.91. The van der Waals surface area contributed by atoms with Crippen molar-refractivity contribution in [2.75, 3.05) is 20.2 Å². The number of hydrogen-bond donors (Lipinski definition) is 2. The molecule has 0 aliphatic rings. The van der Waals surface area contributed by atoms with Crippen LogP contribution in [0.3, 0.4) is 0 Å². The average Bonchev–Trinajstić information content (AvgIpc) is 3.16. The highest BCUT2D eigenvalue weighted by Crippen LogP contribution is 2.26. The van der Waals surface area contributed by atoms with Gasteiger partial charge >= 0.3 is 6.61 Å². The predicted molar refractivity (Wildman–Crippen MR) is 120 cm³/mol. The summed E-state index contributed by atoms with van der Waals surface area (Å²) < 4.78 is 40.2. The van der Waals surface area contributed by atoms with Gasteiger partial charge in [0.25, 0.3) is 0 Å². The third-order valence-electron chi connectivity index (χ3n) is 3.87. The van der Waals surface area contributed by atoms with E-state index in [9.17, 15) is 8.78 Å². The topological polar surface area (TPSA) is 93.8 Å². The van der Waals surface area contributed by atoms with Crippen LogP contribution in [0, 0.1) is 0 Å². The fourth-order valence-electron chi connectivity index (χ4n) is 2.42. The summed E-state index contributed by atoms with van der Waals surface area (Å²) in [4.78, 5) is 8.76. The normalized spacial score (nSPS) is 11.4. The summed E-state index contributed by atoms with van der Waals surface area (Å²) in [5.74, 6) is 2.54. The van der Waals surface area contributed by atoms with Gasteiger partial charge in [-0.1, -0.05) is 19.0 Å². The van der Waals surface area contributed by atoms with Gasteiger partial charge in [-0.25, -0.2) is 4.99 Å². The second-order valence-electron chi connectivity index (χ2n) is 6.43. The molecule has 1 aromatic heterocycles. The van der Waals surface area contributed by atoms with Crippen LogP contribution in [0.15, 0.2) is 27.7 Å². The number of ether oxygens (including phenoxy) is 2. The molecule has 11 heteroatoms. The van der Waals surface area contributed by atoms with Crippen LogP contribution in [0.1, 0.15) is 44.0 Å². The average molecular weight is 539 g/mol. The van der Waals surface area contributed by atoms with Crippen LogP contribution >= 0.6 is 24.0 Å². The van der Waals surface area contributed by atoms with Crippen molar-refractivity contribution in [3.8, 4) is 11.5 Å². The van der Waals surface area contributed by atoms with Crippen molar-refractivity contribution >= 4 is 29.9 Å². The maximum absolute atomic E-state index is 12.6. The molecule has 2 aromatic rings. The number of alkyl halides is 2. The molecule has 8 nitrogen and oxygen atoms in total. The molecular weight excluding hydrogens is 511 g/mol. The Morgan fingerprint density at radius 1 is 1.27 bits per heavy atom. The van der Waals surface area contributed by atoms with E-state index in [0.29, 0.717) is 48.5 Å². The summed E-state index contributed by atoms with van der Waals surface area (Å²) in [5, 5.41) is 10.2. The number of aromatic nitrogens is 2. The van der Waals surface area contributed by atoms with Gasteiger partial charge in [-0.3, -0.25) is 0 Å². The van der Waals surface area contributed by atoms with Crippen LogP contribution in [0.2, 0.25) is 0 Å². The summed E-state index contributed by atoms with van der Waals surface area (Å²) in [6, 6.07) is 4.62. The van der Waals surface area contributed by atoms with Crippen molar-refractivity contribution in [3.63, 3.8) is 0 Å². The molecule has 168 valence electrons. The molecule has 30 heavy (non-hydrogen) atoms. The van der Waals surface area contributed by atoms with E-state index in [0.717, 1.165) is 0 Å². The Morgan fingerprint density at radius 3 is 2.63 bits per heavy atom. The van der Waals surface area contributed by atoms with Crippen LogP contribution in [-0.4, -0.2) is 42.9 Å². The van der Waals surface area contributed by atoms with Crippen LogP contribution in [-0.2, 0) is 13.0 Å². The highest BCUT2D eigenvalue weighted by atomic mass is 127. The van der Waals surface area contributed by atoms with E-state index < -0.39 is 6.61 Å². The lowest BCUT2D eigenvalue weighted by Gasteiger charge is -2.13. The SMILES string of the molecule is CCNC(=NCc1cc(OC)ccc1OC(F)F)NCCc1nc(C(C)C)no1.I. The molecule has 0 atom stereocenters. The fourth-order valence-corrected chi connectivity index (χ4v) is 2.42. The molecule has 0 saturated heterocycles. The van der Waals surface area contributed by atoms with E-state index in [4.69, 9.17) is 9.26 Å². The monoisotopic (exact) mass is 539 g/mol. The standard InChI is InChI=1S/C19H27F2N5O3.HI/c1-5-22-19(23-9-8-16-25-17(12(2)3)26-29-16)24-11-13-10-14(27-4)6-7-15(13)28-18(20)21;/h6-7,10,12,18H,5,8-9,11H2,1-4H3,(H2,22,23,24);1H. The third-order valence-corrected chi connectivity index (χ3v) is 3.87. The summed E-state index contributed by atoms with van der Waals surface area (Å²) >= 11 is 0. The highest BCUT2D eigenvalue weighted by Gasteiger charge is 2.12. The summed E-state index contributed by atoms with van der Waals surface area (Å²) in [7, 11) is 1.50. The van der Waals surface area contributed by atoms with E-state index in [2.05, 4.69) is 30.5 Å². The van der Waals surface area contributed by atoms with Crippen molar-refractivity contribution in [3.05, 3.63) is 35.5 Å². The van der Waals surface area contributed by atoms with E-state index >= 15 is 0 Å². The Hall–Kier alpha value is -2.18. The summed E-state index contributed by atoms with van der Waals surface area (Å²) in [5.41, 5.74) is 0.486. The largest absolute Gasteiger partial charge is 0.497 e. The maximum atomic E-state index is 12.6. The lowest BCUT2D eigenvalue weighted by molar-refractivity contribution is -0.0504. The number of nitrogens with zero attached hydrogens (tertiary/aromatic N) is 3. The van der Waals surface area contributed by atoms with Crippen molar-refractivity contribution in [1.82, 2.24) is 20.8 Å². The molecule has 0 saturated carbocycles. The number of nitrogens with one attached hydrogen (secondary N) is 2. The first-order valence-electron chi connectivity index (χ1n) is 9.39.